The van der Waals surface area contributed by atoms with Crippen molar-refractivity contribution in [1.82, 2.24) is 0 Å². The SMILES string of the molecule is CCCCCCCCCCCCCCC(C(=O)O)C1CCCS1. The van der Waals surface area contributed by atoms with Crippen LogP contribution >= 0.6 is 11.8 Å². The van der Waals surface area contributed by atoms with E-state index in [4.69, 9.17) is 0 Å². The highest BCUT2D eigenvalue weighted by atomic mass is 32.2. The number of rotatable bonds is 15. The zero-order valence-corrected chi connectivity index (χ0v) is 16.0. The zero-order chi connectivity index (χ0) is 16.8. The molecule has 3 heteroatoms. The van der Waals surface area contributed by atoms with E-state index in [1.165, 1.54) is 77.0 Å². The van der Waals surface area contributed by atoms with Crippen molar-refractivity contribution in [2.24, 2.45) is 5.92 Å². The Bertz CT molecular complexity index is 287. The van der Waals surface area contributed by atoms with Crippen LogP contribution < -0.4 is 0 Å². The van der Waals surface area contributed by atoms with E-state index in [2.05, 4.69) is 6.92 Å². The van der Waals surface area contributed by atoms with Gasteiger partial charge in [-0.25, -0.2) is 0 Å². The van der Waals surface area contributed by atoms with Crippen LogP contribution in [0.2, 0.25) is 0 Å². The summed E-state index contributed by atoms with van der Waals surface area (Å²) in [6, 6.07) is 0. The van der Waals surface area contributed by atoms with Crippen molar-refractivity contribution in [1.29, 1.82) is 0 Å². The Labute approximate surface area is 148 Å². The van der Waals surface area contributed by atoms with Gasteiger partial charge in [0.15, 0.2) is 0 Å². The Kier molecular flexibility index (Phi) is 12.9. The molecule has 1 heterocycles. The molecule has 1 fully saturated rings. The zero-order valence-electron chi connectivity index (χ0n) is 15.2. The molecule has 23 heavy (non-hydrogen) atoms. The first-order valence-electron chi connectivity index (χ1n) is 10.1. The summed E-state index contributed by atoms with van der Waals surface area (Å²) in [5, 5.41) is 9.79. The molecule has 136 valence electrons. The monoisotopic (exact) mass is 342 g/mol. The minimum atomic E-state index is -0.563. The molecule has 0 saturated carbocycles. The second kappa shape index (κ2) is 14.2. The third-order valence-electron chi connectivity index (χ3n) is 5.10. The Morgan fingerprint density at radius 2 is 1.48 bits per heavy atom. The van der Waals surface area contributed by atoms with Crippen molar-refractivity contribution < 1.29 is 9.90 Å². The molecule has 1 aliphatic heterocycles. The summed E-state index contributed by atoms with van der Waals surface area (Å²) in [7, 11) is 0. The van der Waals surface area contributed by atoms with Crippen LogP contribution in [-0.2, 0) is 4.79 Å². The Hall–Kier alpha value is -0.180. The summed E-state index contributed by atoms with van der Waals surface area (Å²) in [5.41, 5.74) is 0. The quantitative estimate of drug-likeness (QED) is 0.337. The van der Waals surface area contributed by atoms with Crippen LogP contribution in [0.15, 0.2) is 0 Å². The number of carboxylic acid groups (broad SMARTS) is 1. The summed E-state index contributed by atoms with van der Waals surface area (Å²) in [5.74, 6) is 0.505. The number of unbranched alkanes of at least 4 members (excludes halogenated alkanes) is 11. The molecule has 0 radical (unpaired) electrons. The minimum absolute atomic E-state index is 0.0920. The Balaban J connectivity index is 1.89. The lowest BCUT2D eigenvalue weighted by atomic mass is 9.94. The summed E-state index contributed by atoms with van der Waals surface area (Å²) in [6.07, 6.45) is 19.3. The molecule has 0 bridgehead atoms. The average molecular weight is 343 g/mol. The number of thioether (sulfide) groups is 1. The smallest absolute Gasteiger partial charge is 0.307 e. The molecular formula is C20H38O2S. The largest absolute Gasteiger partial charge is 0.481 e. The topological polar surface area (TPSA) is 37.3 Å². The molecule has 1 aliphatic rings. The van der Waals surface area contributed by atoms with Crippen LogP contribution in [0.5, 0.6) is 0 Å². The van der Waals surface area contributed by atoms with Crippen molar-refractivity contribution in [3.63, 3.8) is 0 Å². The van der Waals surface area contributed by atoms with Crippen molar-refractivity contribution in [2.45, 2.75) is 108 Å². The van der Waals surface area contributed by atoms with Crippen molar-refractivity contribution in [3.8, 4) is 0 Å². The van der Waals surface area contributed by atoms with Gasteiger partial charge in [0.1, 0.15) is 0 Å². The first-order valence-corrected chi connectivity index (χ1v) is 11.1. The molecule has 1 rings (SSSR count). The van der Waals surface area contributed by atoms with E-state index in [0.717, 1.165) is 25.0 Å². The lowest BCUT2D eigenvalue weighted by Gasteiger charge is -2.18. The van der Waals surface area contributed by atoms with Crippen molar-refractivity contribution >= 4 is 17.7 Å². The van der Waals surface area contributed by atoms with Gasteiger partial charge in [0.25, 0.3) is 0 Å². The molecule has 0 aromatic carbocycles. The van der Waals surface area contributed by atoms with Crippen LogP contribution in [0.4, 0.5) is 0 Å². The summed E-state index contributed by atoms with van der Waals surface area (Å²) in [4.78, 5) is 11.4. The van der Waals surface area contributed by atoms with Gasteiger partial charge in [0.05, 0.1) is 5.92 Å². The molecule has 0 amide bonds. The highest BCUT2D eigenvalue weighted by Gasteiger charge is 2.30. The van der Waals surface area contributed by atoms with E-state index in [1.54, 1.807) is 0 Å². The van der Waals surface area contributed by atoms with E-state index < -0.39 is 5.97 Å². The first kappa shape index (κ1) is 20.9. The van der Waals surface area contributed by atoms with Crippen LogP contribution in [0, 0.1) is 5.92 Å². The Morgan fingerprint density at radius 3 is 1.91 bits per heavy atom. The summed E-state index contributed by atoms with van der Waals surface area (Å²) >= 11 is 1.88. The summed E-state index contributed by atoms with van der Waals surface area (Å²) < 4.78 is 0. The van der Waals surface area contributed by atoms with Gasteiger partial charge in [-0.15, -0.1) is 0 Å². The van der Waals surface area contributed by atoms with E-state index in [-0.39, 0.29) is 5.92 Å². The molecule has 0 aromatic rings. The molecule has 0 aromatic heterocycles. The average Bonchev–Trinajstić information content (AvgIpc) is 3.05. The molecule has 2 atom stereocenters. The maximum absolute atomic E-state index is 11.4. The van der Waals surface area contributed by atoms with Crippen LogP contribution in [0.3, 0.4) is 0 Å². The number of carboxylic acids is 1. The fraction of sp³-hybridized carbons (Fsp3) is 0.950. The predicted octanol–water partition coefficient (Wildman–Crippen LogP) is 6.67. The van der Waals surface area contributed by atoms with Gasteiger partial charge < -0.3 is 5.11 Å². The number of aliphatic carboxylic acids is 1. The standard InChI is InChI=1S/C20H38O2S/c1-2-3-4-5-6-7-8-9-10-11-12-13-15-18(20(21)22)19-16-14-17-23-19/h18-19H,2-17H2,1H3,(H,21,22). The fourth-order valence-corrected chi connectivity index (χ4v) is 5.05. The molecule has 2 unspecified atom stereocenters. The number of carbonyl (C=O) groups is 1. The van der Waals surface area contributed by atoms with Gasteiger partial charge in [-0.2, -0.15) is 11.8 Å². The third-order valence-corrected chi connectivity index (χ3v) is 6.62. The van der Waals surface area contributed by atoms with Crippen LogP contribution in [-0.4, -0.2) is 22.1 Å². The van der Waals surface area contributed by atoms with Gasteiger partial charge >= 0.3 is 5.97 Å². The lowest BCUT2D eigenvalue weighted by Crippen LogP contribution is -2.24. The second-order valence-corrected chi connectivity index (χ2v) is 8.52. The third kappa shape index (κ3) is 10.3. The van der Waals surface area contributed by atoms with E-state index in [9.17, 15) is 9.90 Å². The van der Waals surface area contributed by atoms with E-state index >= 15 is 0 Å². The maximum atomic E-state index is 11.4. The first-order chi connectivity index (χ1) is 11.3. The lowest BCUT2D eigenvalue weighted by molar-refractivity contribution is -0.142. The normalized spacial score (nSPS) is 19.1. The van der Waals surface area contributed by atoms with Gasteiger partial charge in [0.2, 0.25) is 0 Å². The number of hydrogen-bond acceptors (Lipinski definition) is 2. The van der Waals surface area contributed by atoms with Gasteiger partial charge in [-0.3, -0.25) is 4.79 Å². The maximum Gasteiger partial charge on any atom is 0.307 e. The minimum Gasteiger partial charge on any atom is -0.481 e. The molecule has 0 aliphatic carbocycles. The molecule has 2 nitrogen and oxygen atoms in total. The second-order valence-electron chi connectivity index (χ2n) is 7.17. The molecule has 0 spiro atoms. The predicted molar refractivity (Wildman–Crippen MR) is 102 cm³/mol. The van der Waals surface area contributed by atoms with Gasteiger partial charge in [-0.1, -0.05) is 84.0 Å². The number of hydrogen-bond donors (Lipinski definition) is 1. The van der Waals surface area contributed by atoms with Gasteiger partial charge in [-0.05, 0) is 25.0 Å². The van der Waals surface area contributed by atoms with E-state index in [0.29, 0.717) is 5.25 Å². The van der Waals surface area contributed by atoms with Gasteiger partial charge in [0, 0.05) is 5.25 Å². The highest BCUT2D eigenvalue weighted by molar-refractivity contribution is 8.00. The van der Waals surface area contributed by atoms with Crippen LogP contribution in [0.25, 0.3) is 0 Å². The van der Waals surface area contributed by atoms with E-state index in [1.807, 2.05) is 11.8 Å². The fourth-order valence-electron chi connectivity index (χ4n) is 3.59. The van der Waals surface area contributed by atoms with Crippen molar-refractivity contribution in [3.05, 3.63) is 0 Å². The summed E-state index contributed by atoms with van der Waals surface area (Å²) in [6.45, 7) is 2.27. The highest BCUT2D eigenvalue weighted by Crippen LogP contribution is 2.34. The molecule has 1 saturated heterocycles. The Morgan fingerprint density at radius 1 is 0.957 bits per heavy atom. The van der Waals surface area contributed by atoms with Crippen LogP contribution in [0.1, 0.15) is 103 Å². The molecular weight excluding hydrogens is 304 g/mol. The molecule has 1 N–H and O–H groups in total. The van der Waals surface area contributed by atoms with Crippen molar-refractivity contribution in [2.75, 3.05) is 5.75 Å².